The first-order chi connectivity index (χ1) is 10.3. The topological polar surface area (TPSA) is 37.8 Å². The van der Waals surface area contributed by atoms with Crippen LogP contribution >= 0.6 is 0 Å². The van der Waals surface area contributed by atoms with Gasteiger partial charge in [0.1, 0.15) is 11.6 Å². The monoisotopic (exact) mass is 281 g/mol. The van der Waals surface area contributed by atoms with Crippen LogP contribution in [-0.4, -0.2) is 16.5 Å². The van der Waals surface area contributed by atoms with Crippen LogP contribution < -0.4 is 5.32 Å². The van der Waals surface area contributed by atoms with Crippen molar-refractivity contribution in [2.24, 2.45) is 5.92 Å². The van der Waals surface area contributed by atoms with Crippen LogP contribution in [0.15, 0.2) is 30.3 Å². The average Bonchev–Trinajstić information content (AvgIpc) is 3.32. The Kier molecular flexibility index (Phi) is 4.18. The Morgan fingerprint density at radius 1 is 1.14 bits per heavy atom. The van der Waals surface area contributed by atoms with Gasteiger partial charge in [-0.2, -0.15) is 0 Å². The molecule has 0 aliphatic heterocycles. The first kappa shape index (κ1) is 14.1. The molecule has 0 amide bonds. The fourth-order valence-electron chi connectivity index (χ4n) is 2.53. The van der Waals surface area contributed by atoms with E-state index in [0.29, 0.717) is 0 Å². The zero-order chi connectivity index (χ0) is 14.7. The van der Waals surface area contributed by atoms with Gasteiger partial charge in [0.25, 0.3) is 0 Å². The van der Waals surface area contributed by atoms with Gasteiger partial charge in [0, 0.05) is 24.1 Å². The van der Waals surface area contributed by atoms with Crippen molar-refractivity contribution in [3.63, 3.8) is 0 Å². The number of aromatic nitrogens is 2. The van der Waals surface area contributed by atoms with Gasteiger partial charge >= 0.3 is 0 Å². The fraction of sp³-hybridized carbons (Fsp3) is 0.444. The van der Waals surface area contributed by atoms with Crippen LogP contribution in [0.2, 0.25) is 0 Å². The number of hydrogen-bond donors (Lipinski definition) is 1. The lowest BCUT2D eigenvalue weighted by atomic mass is 10.1. The standard InChI is InChI=1S/C18H23N3/c1-3-11-19-18-13(2)17(15-7-5-4-6-8-15)20-16(21-18)12-14-9-10-14/h4-8,14H,3,9-12H2,1-2H3,(H,19,20,21). The number of nitrogens with one attached hydrogen (secondary N) is 1. The van der Waals surface area contributed by atoms with E-state index in [1.54, 1.807) is 0 Å². The first-order valence-electron chi connectivity index (χ1n) is 7.94. The Morgan fingerprint density at radius 3 is 2.57 bits per heavy atom. The molecular weight excluding hydrogens is 258 g/mol. The van der Waals surface area contributed by atoms with Gasteiger partial charge in [-0.25, -0.2) is 9.97 Å². The molecule has 3 nitrogen and oxygen atoms in total. The molecule has 2 aromatic rings. The minimum Gasteiger partial charge on any atom is -0.370 e. The summed E-state index contributed by atoms with van der Waals surface area (Å²) in [7, 11) is 0. The van der Waals surface area contributed by atoms with E-state index in [2.05, 4.69) is 43.4 Å². The van der Waals surface area contributed by atoms with Gasteiger partial charge in [-0.1, -0.05) is 37.3 Å². The Balaban J connectivity index is 1.99. The van der Waals surface area contributed by atoms with E-state index >= 15 is 0 Å². The zero-order valence-corrected chi connectivity index (χ0v) is 12.9. The predicted octanol–water partition coefficient (Wildman–Crippen LogP) is 4.23. The molecule has 1 aromatic heterocycles. The van der Waals surface area contributed by atoms with Gasteiger partial charge in [-0.3, -0.25) is 0 Å². The van der Waals surface area contributed by atoms with E-state index in [0.717, 1.165) is 48.2 Å². The maximum absolute atomic E-state index is 4.84. The molecule has 1 fully saturated rings. The van der Waals surface area contributed by atoms with E-state index in [1.807, 2.05) is 6.07 Å². The summed E-state index contributed by atoms with van der Waals surface area (Å²) in [5.74, 6) is 2.79. The zero-order valence-electron chi connectivity index (χ0n) is 12.9. The minimum absolute atomic E-state index is 0.801. The van der Waals surface area contributed by atoms with Crippen molar-refractivity contribution >= 4 is 5.82 Å². The van der Waals surface area contributed by atoms with Crippen molar-refractivity contribution in [3.8, 4) is 11.3 Å². The summed E-state index contributed by atoms with van der Waals surface area (Å²) < 4.78 is 0. The van der Waals surface area contributed by atoms with E-state index in [1.165, 1.54) is 18.4 Å². The van der Waals surface area contributed by atoms with Crippen molar-refractivity contribution in [1.29, 1.82) is 0 Å². The van der Waals surface area contributed by atoms with Crippen molar-refractivity contribution in [3.05, 3.63) is 41.7 Å². The van der Waals surface area contributed by atoms with Crippen molar-refractivity contribution < 1.29 is 0 Å². The Hall–Kier alpha value is -1.90. The average molecular weight is 281 g/mol. The lowest BCUT2D eigenvalue weighted by Gasteiger charge is -2.14. The number of hydrogen-bond acceptors (Lipinski definition) is 3. The smallest absolute Gasteiger partial charge is 0.133 e. The molecule has 3 heteroatoms. The molecule has 1 aliphatic rings. The third kappa shape index (κ3) is 3.41. The van der Waals surface area contributed by atoms with E-state index in [-0.39, 0.29) is 0 Å². The highest BCUT2D eigenvalue weighted by molar-refractivity contribution is 5.68. The third-order valence-corrected chi connectivity index (χ3v) is 3.95. The van der Waals surface area contributed by atoms with Crippen molar-refractivity contribution in [2.45, 2.75) is 39.5 Å². The molecule has 0 spiro atoms. The van der Waals surface area contributed by atoms with Crippen LogP contribution in [0, 0.1) is 12.8 Å². The number of rotatable bonds is 6. The van der Waals surface area contributed by atoms with E-state index in [9.17, 15) is 0 Å². The number of benzene rings is 1. The van der Waals surface area contributed by atoms with Crippen molar-refractivity contribution in [1.82, 2.24) is 9.97 Å². The van der Waals surface area contributed by atoms with Crippen LogP contribution in [0.3, 0.4) is 0 Å². The van der Waals surface area contributed by atoms with Crippen LogP contribution in [-0.2, 0) is 6.42 Å². The molecule has 3 rings (SSSR count). The largest absolute Gasteiger partial charge is 0.370 e. The Labute approximate surface area is 126 Å². The Morgan fingerprint density at radius 2 is 1.90 bits per heavy atom. The molecule has 0 unspecified atom stereocenters. The molecule has 1 saturated carbocycles. The Bertz CT molecular complexity index is 603. The summed E-state index contributed by atoms with van der Waals surface area (Å²) in [6, 6.07) is 10.4. The van der Waals surface area contributed by atoms with Crippen LogP contribution in [0.5, 0.6) is 0 Å². The quantitative estimate of drug-likeness (QED) is 0.861. The maximum Gasteiger partial charge on any atom is 0.133 e. The van der Waals surface area contributed by atoms with Crippen LogP contribution in [0.25, 0.3) is 11.3 Å². The normalized spacial score (nSPS) is 14.2. The summed E-state index contributed by atoms with van der Waals surface area (Å²) in [5, 5.41) is 3.46. The summed E-state index contributed by atoms with van der Waals surface area (Å²) in [5.41, 5.74) is 3.39. The second-order valence-electron chi connectivity index (χ2n) is 5.90. The van der Waals surface area contributed by atoms with Gasteiger partial charge in [0.2, 0.25) is 0 Å². The van der Waals surface area contributed by atoms with Gasteiger partial charge in [0.05, 0.1) is 5.69 Å². The molecular formula is C18H23N3. The SMILES string of the molecule is CCCNc1nc(CC2CC2)nc(-c2ccccc2)c1C. The molecule has 110 valence electrons. The molecule has 21 heavy (non-hydrogen) atoms. The molecule has 0 atom stereocenters. The van der Waals surface area contributed by atoms with Crippen molar-refractivity contribution in [2.75, 3.05) is 11.9 Å². The molecule has 0 radical (unpaired) electrons. The molecule has 1 heterocycles. The van der Waals surface area contributed by atoms with Crippen LogP contribution in [0.1, 0.15) is 37.6 Å². The number of anilines is 1. The molecule has 1 N–H and O–H groups in total. The number of nitrogens with zero attached hydrogens (tertiary/aromatic N) is 2. The predicted molar refractivity (Wildman–Crippen MR) is 87.4 cm³/mol. The summed E-state index contributed by atoms with van der Waals surface area (Å²) in [4.78, 5) is 9.59. The van der Waals surface area contributed by atoms with E-state index in [4.69, 9.17) is 9.97 Å². The van der Waals surface area contributed by atoms with Crippen LogP contribution in [0.4, 0.5) is 5.82 Å². The maximum atomic E-state index is 4.84. The highest BCUT2D eigenvalue weighted by Gasteiger charge is 2.24. The van der Waals surface area contributed by atoms with Gasteiger partial charge in [-0.05, 0) is 32.1 Å². The molecule has 0 bridgehead atoms. The highest BCUT2D eigenvalue weighted by atomic mass is 15.0. The lowest BCUT2D eigenvalue weighted by Crippen LogP contribution is -2.09. The van der Waals surface area contributed by atoms with Gasteiger partial charge < -0.3 is 5.32 Å². The molecule has 1 aliphatic carbocycles. The minimum atomic E-state index is 0.801. The van der Waals surface area contributed by atoms with E-state index < -0.39 is 0 Å². The third-order valence-electron chi connectivity index (χ3n) is 3.95. The first-order valence-corrected chi connectivity index (χ1v) is 7.94. The highest BCUT2D eigenvalue weighted by Crippen LogP contribution is 2.33. The summed E-state index contributed by atoms with van der Waals surface area (Å²) >= 11 is 0. The second kappa shape index (κ2) is 6.25. The van der Waals surface area contributed by atoms with Gasteiger partial charge in [0.15, 0.2) is 0 Å². The molecule has 0 saturated heterocycles. The second-order valence-corrected chi connectivity index (χ2v) is 5.90. The lowest BCUT2D eigenvalue weighted by molar-refractivity contribution is 0.768. The van der Waals surface area contributed by atoms with Gasteiger partial charge in [-0.15, -0.1) is 0 Å². The molecule has 1 aromatic carbocycles. The summed E-state index contributed by atoms with van der Waals surface area (Å²) in [6.45, 7) is 5.24. The fourth-order valence-corrected chi connectivity index (χ4v) is 2.53. The summed E-state index contributed by atoms with van der Waals surface area (Å²) in [6.07, 6.45) is 4.77.